The van der Waals surface area contributed by atoms with Crippen LogP contribution in [-0.2, 0) is 9.53 Å². The molecular weight excluding hydrogens is 282 g/mol. The summed E-state index contributed by atoms with van der Waals surface area (Å²) in [4.78, 5) is 27.9. The van der Waals surface area contributed by atoms with Gasteiger partial charge in [-0.1, -0.05) is 13.8 Å². The van der Waals surface area contributed by atoms with Gasteiger partial charge in [-0.15, -0.1) is 0 Å². The molecule has 0 aromatic rings. The Morgan fingerprint density at radius 2 is 1.95 bits per heavy atom. The molecule has 0 aliphatic carbocycles. The number of likely N-dealkylation sites (tertiary alicyclic amines) is 1. The average Bonchev–Trinajstić information content (AvgIpc) is 2.82. The quantitative estimate of drug-likeness (QED) is 0.859. The molecule has 2 atom stereocenters. The highest BCUT2D eigenvalue weighted by molar-refractivity contribution is 5.82. The third-order valence-corrected chi connectivity index (χ3v) is 3.85. The molecule has 6 heteroatoms. The molecule has 0 radical (unpaired) electrons. The Morgan fingerprint density at radius 1 is 1.36 bits per heavy atom. The highest BCUT2D eigenvalue weighted by atomic mass is 16.6. The molecule has 1 fully saturated rings. The Bertz CT molecular complexity index is 404. The van der Waals surface area contributed by atoms with Crippen LogP contribution in [0.1, 0.15) is 47.5 Å². The van der Waals surface area contributed by atoms with E-state index in [4.69, 9.17) is 10.5 Å². The van der Waals surface area contributed by atoms with Crippen molar-refractivity contribution in [3.05, 3.63) is 0 Å². The van der Waals surface area contributed by atoms with Crippen LogP contribution in [0.3, 0.4) is 0 Å². The van der Waals surface area contributed by atoms with Gasteiger partial charge in [0, 0.05) is 26.2 Å². The van der Waals surface area contributed by atoms with Crippen molar-refractivity contribution in [2.24, 2.45) is 11.7 Å². The summed E-state index contributed by atoms with van der Waals surface area (Å²) in [6.45, 7) is 10.6. The molecule has 128 valence electrons. The normalized spacial score (nSPS) is 20.2. The van der Waals surface area contributed by atoms with E-state index in [1.807, 2.05) is 39.5 Å². The van der Waals surface area contributed by atoms with Crippen molar-refractivity contribution in [2.75, 3.05) is 20.1 Å². The molecule has 1 aliphatic heterocycles. The van der Waals surface area contributed by atoms with Gasteiger partial charge in [0.05, 0.1) is 6.04 Å². The van der Waals surface area contributed by atoms with Gasteiger partial charge >= 0.3 is 6.09 Å². The molecule has 0 aromatic heterocycles. The second-order valence-corrected chi connectivity index (χ2v) is 7.46. The fraction of sp³-hybridized carbons (Fsp3) is 0.875. The number of carbonyl (C=O) groups is 2. The Kier molecular flexibility index (Phi) is 6.23. The van der Waals surface area contributed by atoms with Gasteiger partial charge in [0.15, 0.2) is 0 Å². The van der Waals surface area contributed by atoms with E-state index in [1.165, 1.54) is 0 Å². The molecule has 1 rings (SSSR count). The Morgan fingerprint density at radius 3 is 2.45 bits per heavy atom. The summed E-state index contributed by atoms with van der Waals surface area (Å²) in [6.07, 6.45) is 1.48. The maximum absolute atomic E-state index is 12.4. The zero-order chi connectivity index (χ0) is 17.1. The lowest BCUT2D eigenvalue weighted by molar-refractivity contribution is -0.134. The van der Waals surface area contributed by atoms with Crippen LogP contribution in [0.15, 0.2) is 0 Å². The summed E-state index contributed by atoms with van der Waals surface area (Å²) in [5.74, 6) is 0.0902. The van der Waals surface area contributed by atoms with Gasteiger partial charge in [0.25, 0.3) is 0 Å². The molecule has 1 heterocycles. The van der Waals surface area contributed by atoms with Gasteiger partial charge in [0.2, 0.25) is 5.91 Å². The number of likely N-dealkylation sites (N-methyl/N-ethyl adjacent to an activating group) is 1. The van der Waals surface area contributed by atoms with Crippen LogP contribution in [0.2, 0.25) is 0 Å². The Balaban J connectivity index is 2.64. The molecule has 0 aromatic carbocycles. The standard InChI is InChI=1S/C16H31N3O3/c1-11(2)13(17)14(20)19-9-7-8-12(19)10-18(6)15(21)22-16(3,4)5/h11-13H,7-10,17H2,1-6H3/t12?,13-/m0/s1. The van der Waals surface area contributed by atoms with Crippen LogP contribution in [-0.4, -0.2) is 59.6 Å². The number of hydrogen-bond acceptors (Lipinski definition) is 4. The molecular formula is C16H31N3O3. The molecule has 22 heavy (non-hydrogen) atoms. The van der Waals surface area contributed by atoms with E-state index < -0.39 is 11.6 Å². The first-order valence-corrected chi connectivity index (χ1v) is 8.03. The number of ether oxygens (including phenoxy) is 1. The number of hydrogen-bond donors (Lipinski definition) is 1. The van der Waals surface area contributed by atoms with Crippen LogP contribution in [0.4, 0.5) is 4.79 Å². The maximum Gasteiger partial charge on any atom is 0.410 e. The summed E-state index contributed by atoms with van der Waals surface area (Å²) in [7, 11) is 1.71. The van der Waals surface area contributed by atoms with E-state index in [9.17, 15) is 9.59 Å². The minimum Gasteiger partial charge on any atom is -0.444 e. The molecule has 6 nitrogen and oxygen atoms in total. The van der Waals surface area contributed by atoms with Gasteiger partial charge in [0.1, 0.15) is 5.60 Å². The van der Waals surface area contributed by atoms with Crippen LogP contribution >= 0.6 is 0 Å². The summed E-state index contributed by atoms with van der Waals surface area (Å²) in [5, 5.41) is 0. The number of nitrogens with two attached hydrogens (primary N) is 1. The molecule has 0 saturated carbocycles. The van der Waals surface area contributed by atoms with Crippen molar-refractivity contribution in [2.45, 2.75) is 65.1 Å². The molecule has 2 amide bonds. The highest BCUT2D eigenvalue weighted by Gasteiger charge is 2.34. The van der Waals surface area contributed by atoms with E-state index in [1.54, 1.807) is 11.9 Å². The zero-order valence-corrected chi connectivity index (χ0v) is 14.8. The minimum absolute atomic E-state index is 0.0184. The number of rotatable bonds is 4. The number of nitrogens with zero attached hydrogens (tertiary/aromatic N) is 2. The molecule has 2 N–H and O–H groups in total. The predicted octanol–water partition coefficient (Wildman–Crippen LogP) is 1.83. The molecule has 1 unspecified atom stereocenters. The van der Waals surface area contributed by atoms with Crippen molar-refractivity contribution in [1.82, 2.24) is 9.80 Å². The lowest BCUT2D eigenvalue weighted by atomic mass is 10.0. The van der Waals surface area contributed by atoms with Crippen molar-refractivity contribution in [3.63, 3.8) is 0 Å². The van der Waals surface area contributed by atoms with Crippen LogP contribution in [0.5, 0.6) is 0 Å². The zero-order valence-electron chi connectivity index (χ0n) is 14.8. The lowest BCUT2D eigenvalue weighted by Crippen LogP contribution is -2.51. The second kappa shape index (κ2) is 7.31. The molecule has 1 aliphatic rings. The average molecular weight is 313 g/mol. The second-order valence-electron chi connectivity index (χ2n) is 7.46. The molecule has 0 spiro atoms. The third-order valence-electron chi connectivity index (χ3n) is 3.85. The van der Waals surface area contributed by atoms with E-state index in [0.29, 0.717) is 13.1 Å². The van der Waals surface area contributed by atoms with Crippen LogP contribution in [0.25, 0.3) is 0 Å². The largest absolute Gasteiger partial charge is 0.444 e. The molecule has 0 bridgehead atoms. The first kappa shape index (κ1) is 18.7. The number of carbonyl (C=O) groups excluding carboxylic acids is 2. The van der Waals surface area contributed by atoms with Crippen molar-refractivity contribution >= 4 is 12.0 Å². The van der Waals surface area contributed by atoms with Crippen LogP contribution in [0, 0.1) is 5.92 Å². The van der Waals surface area contributed by atoms with Gasteiger partial charge in [-0.05, 0) is 39.5 Å². The Labute approximate surface area is 134 Å². The van der Waals surface area contributed by atoms with E-state index in [0.717, 1.165) is 12.8 Å². The first-order valence-electron chi connectivity index (χ1n) is 8.03. The molecule has 1 saturated heterocycles. The minimum atomic E-state index is -0.517. The van der Waals surface area contributed by atoms with Crippen molar-refractivity contribution in [3.8, 4) is 0 Å². The Hall–Kier alpha value is -1.30. The monoisotopic (exact) mass is 313 g/mol. The van der Waals surface area contributed by atoms with E-state index in [2.05, 4.69) is 0 Å². The lowest BCUT2D eigenvalue weighted by Gasteiger charge is -2.32. The van der Waals surface area contributed by atoms with Gasteiger partial charge in [-0.2, -0.15) is 0 Å². The van der Waals surface area contributed by atoms with E-state index in [-0.39, 0.29) is 24.0 Å². The summed E-state index contributed by atoms with van der Waals surface area (Å²) in [6, 6.07) is -0.456. The third kappa shape index (κ3) is 5.16. The highest BCUT2D eigenvalue weighted by Crippen LogP contribution is 2.21. The maximum atomic E-state index is 12.4. The van der Waals surface area contributed by atoms with Gasteiger partial charge in [-0.3, -0.25) is 4.79 Å². The smallest absolute Gasteiger partial charge is 0.410 e. The number of amides is 2. The van der Waals surface area contributed by atoms with Crippen molar-refractivity contribution in [1.29, 1.82) is 0 Å². The fourth-order valence-electron chi connectivity index (χ4n) is 2.52. The van der Waals surface area contributed by atoms with Gasteiger partial charge < -0.3 is 20.3 Å². The van der Waals surface area contributed by atoms with Gasteiger partial charge in [-0.25, -0.2) is 4.79 Å². The van der Waals surface area contributed by atoms with Crippen LogP contribution < -0.4 is 5.73 Å². The fourth-order valence-corrected chi connectivity index (χ4v) is 2.52. The van der Waals surface area contributed by atoms with E-state index >= 15 is 0 Å². The summed E-state index contributed by atoms with van der Waals surface area (Å²) in [5.41, 5.74) is 5.46. The summed E-state index contributed by atoms with van der Waals surface area (Å²) < 4.78 is 5.35. The summed E-state index contributed by atoms with van der Waals surface area (Å²) >= 11 is 0. The predicted molar refractivity (Wildman–Crippen MR) is 86.4 cm³/mol. The first-order chi connectivity index (χ1) is 10.0. The SMILES string of the molecule is CC(C)[C@H](N)C(=O)N1CCCC1CN(C)C(=O)OC(C)(C)C. The van der Waals surface area contributed by atoms with Crippen molar-refractivity contribution < 1.29 is 14.3 Å². The topological polar surface area (TPSA) is 75.9 Å².